The van der Waals surface area contributed by atoms with Crippen LogP contribution in [0.2, 0.25) is 0 Å². The maximum Gasteiger partial charge on any atom is 0.242 e. The second-order valence-electron chi connectivity index (χ2n) is 5.92. The lowest BCUT2D eigenvalue weighted by Gasteiger charge is -2.33. The summed E-state index contributed by atoms with van der Waals surface area (Å²) in [5, 5.41) is 8.95. The molecule has 1 N–H and O–H groups in total. The van der Waals surface area contributed by atoms with Crippen LogP contribution >= 0.6 is 0 Å². The number of benzene rings is 1. The van der Waals surface area contributed by atoms with Crippen molar-refractivity contribution in [3.05, 3.63) is 29.6 Å². The highest BCUT2D eigenvalue weighted by atomic mass is 32.2. The minimum atomic E-state index is -3.88. The molecule has 0 spiro atoms. The Morgan fingerprint density at radius 3 is 2.62 bits per heavy atom. The molecule has 1 aliphatic carbocycles. The van der Waals surface area contributed by atoms with Gasteiger partial charge in [-0.1, -0.05) is 32.3 Å². The molecule has 114 valence electrons. The third-order valence-corrected chi connectivity index (χ3v) is 5.57. The second kappa shape index (κ2) is 6.12. The first-order valence-electron chi connectivity index (χ1n) is 7.06. The lowest BCUT2D eigenvalue weighted by molar-refractivity contribution is 0.219. The highest BCUT2D eigenvalue weighted by Crippen LogP contribution is 2.35. The predicted molar refractivity (Wildman–Crippen MR) is 77.5 cm³/mol. The van der Waals surface area contributed by atoms with E-state index in [2.05, 4.69) is 11.6 Å². The first-order chi connectivity index (χ1) is 9.88. The summed E-state index contributed by atoms with van der Waals surface area (Å²) in [6.45, 7) is 2.38. The number of nitrogens with zero attached hydrogens (tertiary/aromatic N) is 1. The van der Waals surface area contributed by atoms with Gasteiger partial charge in [-0.05, 0) is 30.4 Å². The van der Waals surface area contributed by atoms with Crippen LogP contribution in [0.5, 0.6) is 0 Å². The quantitative estimate of drug-likeness (QED) is 0.929. The molecule has 1 saturated carbocycles. The molecule has 0 aliphatic heterocycles. The Morgan fingerprint density at radius 1 is 1.33 bits per heavy atom. The van der Waals surface area contributed by atoms with Gasteiger partial charge < -0.3 is 0 Å². The van der Waals surface area contributed by atoms with Gasteiger partial charge in [0.05, 0.1) is 0 Å². The smallest absolute Gasteiger partial charge is 0.211 e. The molecule has 0 heterocycles. The van der Waals surface area contributed by atoms with Gasteiger partial charge in [-0.15, -0.1) is 0 Å². The first-order valence-corrected chi connectivity index (χ1v) is 8.55. The molecular formula is C15H19FN2O2S. The average Bonchev–Trinajstić information content (AvgIpc) is 2.46. The Labute approximate surface area is 125 Å². The zero-order valence-electron chi connectivity index (χ0n) is 12.0. The third-order valence-electron chi connectivity index (χ3n) is 4.13. The SMILES string of the molecule is CC1(CNS(=O)(=O)c2cccc(F)c2C#N)CCCCC1. The van der Waals surface area contributed by atoms with Crippen LogP contribution in [0.4, 0.5) is 4.39 Å². The van der Waals surface area contributed by atoms with Crippen LogP contribution < -0.4 is 4.72 Å². The van der Waals surface area contributed by atoms with Crippen molar-refractivity contribution in [3.63, 3.8) is 0 Å². The molecule has 0 saturated heterocycles. The summed E-state index contributed by atoms with van der Waals surface area (Å²) >= 11 is 0. The van der Waals surface area contributed by atoms with Crippen molar-refractivity contribution in [2.24, 2.45) is 5.41 Å². The van der Waals surface area contributed by atoms with E-state index in [0.717, 1.165) is 31.7 Å². The topological polar surface area (TPSA) is 70.0 Å². The van der Waals surface area contributed by atoms with E-state index in [-0.39, 0.29) is 10.3 Å². The maximum absolute atomic E-state index is 13.5. The van der Waals surface area contributed by atoms with Gasteiger partial charge in [-0.25, -0.2) is 17.5 Å². The van der Waals surface area contributed by atoms with Gasteiger partial charge in [0.25, 0.3) is 0 Å². The number of sulfonamides is 1. The predicted octanol–water partition coefficient (Wildman–Crippen LogP) is 2.95. The fourth-order valence-electron chi connectivity index (χ4n) is 2.77. The van der Waals surface area contributed by atoms with Crippen molar-refractivity contribution in [3.8, 4) is 6.07 Å². The molecule has 0 unspecified atom stereocenters. The largest absolute Gasteiger partial charge is 0.242 e. The Morgan fingerprint density at radius 2 is 2.00 bits per heavy atom. The Kier molecular flexibility index (Phi) is 4.64. The molecule has 1 fully saturated rings. The zero-order chi connectivity index (χ0) is 15.5. The summed E-state index contributed by atoms with van der Waals surface area (Å²) in [6, 6.07) is 5.26. The van der Waals surface area contributed by atoms with Crippen molar-refractivity contribution in [2.45, 2.75) is 43.9 Å². The van der Waals surface area contributed by atoms with E-state index >= 15 is 0 Å². The Bertz CT molecular complexity index is 659. The first kappa shape index (κ1) is 15.9. The van der Waals surface area contributed by atoms with Gasteiger partial charge in [0.1, 0.15) is 22.3 Å². The van der Waals surface area contributed by atoms with Crippen LogP contribution in [-0.4, -0.2) is 15.0 Å². The van der Waals surface area contributed by atoms with Crippen molar-refractivity contribution < 1.29 is 12.8 Å². The summed E-state index contributed by atoms with van der Waals surface area (Å²) in [5.74, 6) is -0.816. The molecule has 6 heteroatoms. The monoisotopic (exact) mass is 310 g/mol. The molecule has 0 amide bonds. The summed E-state index contributed by atoms with van der Waals surface area (Å²) in [4.78, 5) is -0.288. The van der Waals surface area contributed by atoms with Gasteiger partial charge in [-0.3, -0.25) is 0 Å². The number of rotatable bonds is 4. The van der Waals surface area contributed by atoms with Crippen molar-refractivity contribution in [1.29, 1.82) is 5.26 Å². The minimum absolute atomic E-state index is 0.0640. The molecule has 2 rings (SSSR count). The molecule has 1 aromatic carbocycles. The summed E-state index contributed by atoms with van der Waals surface area (Å²) in [5.41, 5.74) is -0.496. The number of hydrogen-bond acceptors (Lipinski definition) is 3. The van der Waals surface area contributed by atoms with Crippen molar-refractivity contribution in [2.75, 3.05) is 6.54 Å². The standard InChI is InChI=1S/C15H19FN2O2S/c1-15(8-3-2-4-9-15)11-18-21(19,20)14-7-5-6-13(16)12(14)10-17/h5-7,18H,2-4,8-9,11H2,1H3. The van der Waals surface area contributed by atoms with Crippen LogP contribution in [0.3, 0.4) is 0 Å². The molecule has 0 atom stereocenters. The molecular weight excluding hydrogens is 291 g/mol. The molecule has 0 aromatic heterocycles. The van der Waals surface area contributed by atoms with E-state index in [1.165, 1.54) is 18.6 Å². The molecule has 0 bridgehead atoms. The zero-order valence-corrected chi connectivity index (χ0v) is 12.8. The fraction of sp³-hybridized carbons (Fsp3) is 0.533. The van der Waals surface area contributed by atoms with Crippen LogP contribution in [0, 0.1) is 22.6 Å². The van der Waals surface area contributed by atoms with E-state index < -0.39 is 21.4 Å². The van der Waals surface area contributed by atoms with E-state index in [9.17, 15) is 12.8 Å². The lowest BCUT2D eigenvalue weighted by atomic mass is 9.76. The summed E-state index contributed by atoms with van der Waals surface area (Å²) in [6.07, 6.45) is 5.33. The fourth-order valence-corrected chi connectivity index (χ4v) is 4.13. The van der Waals surface area contributed by atoms with Crippen molar-refractivity contribution >= 4 is 10.0 Å². The van der Waals surface area contributed by atoms with Crippen LogP contribution in [0.15, 0.2) is 23.1 Å². The van der Waals surface area contributed by atoms with Crippen LogP contribution in [0.25, 0.3) is 0 Å². The van der Waals surface area contributed by atoms with E-state index in [1.54, 1.807) is 6.07 Å². The van der Waals surface area contributed by atoms with Gasteiger partial charge in [0, 0.05) is 6.54 Å². The molecule has 1 aliphatic rings. The number of hydrogen-bond donors (Lipinski definition) is 1. The van der Waals surface area contributed by atoms with Crippen LogP contribution in [-0.2, 0) is 10.0 Å². The van der Waals surface area contributed by atoms with Gasteiger partial charge in [0.15, 0.2) is 0 Å². The summed E-state index contributed by atoms with van der Waals surface area (Å²) < 4.78 is 40.7. The Balaban J connectivity index is 2.20. The van der Waals surface area contributed by atoms with E-state index in [4.69, 9.17) is 5.26 Å². The third kappa shape index (κ3) is 3.60. The molecule has 21 heavy (non-hydrogen) atoms. The number of halogens is 1. The van der Waals surface area contributed by atoms with E-state index in [0.29, 0.717) is 6.54 Å². The van der Waals surface area contributed by atoms with Crippen LogP contribution in [0.1, 0.15) is 44.6 Å². The highest BCUT2D eigenvalue weighted by Gasteiger charge is 2.29. The normalized spacial score (nSPS) is 18.1. The number of nitrogens with one attached hydrogen (secondary N) is 1. The maximum atomic E-state index is 13.5. The van der Waals surface area contributed by atoms with E-state index in [1.807, 2.05) is 0 Å². The second-order valence-corrected chi connectivity index (χ2v) is 7.66. The molecule has 0 radical (unpaired) electrons. The van der Waals surface area contributed by atoms with Gasteiger partial charge in [0.2, 0.25) is 10.0 Å². The van der Waals surface area contributed by atoms with Gasteiger partial charge >= 0.3 is 0 Å². The number of nitriles is 1. The van der Waals surface area contributed by atoms with Gasteiger partial charge in [-0.2, -0.15) is 5.26 Å². The summed E-state index contributed by atoms with van der Waals surface area (Å²) in [7, 11) is -3.88. The Hall–Kier alpha value is -1.45. The minimum Gasteiger partial charge on any atom is -0.211 e. The highest BCUT2D eigenvalue weighted by molar-refractivity contribution is 7.89. The molecule has 4 nitrogen and oxygen atoms in total. The lowest BCUT2D eigenvalue weighted by Crippen LogP contribution is -2.37. The average molecular weight is 310 g/mol. The van der Waals surface area contributed by atoms with Crippen molar-refractivity contribution in [1.82, 2.24) is 4.72 Å². The molecule has 1 aromatic rings.